The van der Waals surface area contributed by atoms with Gasteiger partial charge in [-0.15, -0.1) is 0 Å². The van der Waals surface area contributed by atoms with E-state index in [4.69, 9.17) is 11.5 Å². The molecule has 0 radical (unpaired) electrons. The van der Waals surface area contributed by atoms with Gasteiger partial charge in [0.1, 0.15) is 24.2 Å². The molecule has 1 rings (SSSR count). The number of hydrogen-bond acceptors (Lipinski definition) is 9. The molecular formula is C21H37N7O6S. The third-order valence-electron chi connectivity index (χ3n) is 5.24. The average Bonchev–Trinajstić information content (AvgIpc) is 3.32. The standard InChI is InChI=1S/C21H37N7O6S/c1-12(29)17(23)20(32)26-14(5-3-4-7-22)18(30)28-16(9-13-10-24-11-25-13)19(31)27-15(21(33)34)6-8-35-2/h10-12,14-17,29H,3-9,22-23H2,1-2H3,(H,24,25)(H,26,32)(H,27,31)(H,28,30)(H,33,34). The lowest BCUT2D eigenvalue weighted by molar-refractivity contribution is -0.142. The minimum Gasteiger partial charge on any atom is -0.480 e. The van der Waals surface area contributed by atoms with Crippen molar-refractivity contribution in [2.24, 2.45) is 11.5 Å². The number of rotatable bonds is 17. The maximum absolute atomic E-state index is 13.1. The van der Waals surface area contributed by atoms with Crippen molar-refractivity contribution in [3.05, 3.63) is 18.2 Å². The molecule has 35 heavy (non-hydrogen) atoms. The maximum atomic E-state index is 13.1. The summed E-state index contributed by atoms with van der Waals surface area (Å²) < 4.78 is 0. The van der Waals surface area contributed by atoms with Crippen molar-refractivity contribution < 1.29 is 29.4 Å². The number of nitrogens with two attached hydrogens (primary N) is 2. The molecule has 5 atom stereocenters. The van der Waals surface area contributed by atoms with Crippen LogP contribution in [0.4, 0.5) is 0 Å². The normalized spacial score (nSPS) is 15.3. The Morgan fingerprint density at radius 3 is 2.23 bits per heavy atom. The number of carboxylic acids is 1. The van der Waals surface area contributed by atoms with Crippen LogP contribution >= 0.6 is 11.8 Å². The lowest BCUT2D eigenvalue weighted by Crippen LogP contribution is -2.58. The smallest absolute Gasteiger partial charge is 0.326 e. The fourth-order valence-corrected chi connectivity index (χ4v) is 3.58. The van der Waals surface area contributed by atoms with E-state index >= 15 is 0 Å². The summed E-state index contributed by atoms with van der Waals surface area (Å²) in [6.07, 6.45) is 5.17. The molecule has 3 amide bonds. The Bertz CT molecular complexity index is 808. The van der Waals surface area contributed by atoms with E-state index in [-0.39, 0.29) is 19.3 Å². The van der Waals surface area contributed by atoms with Crippen molar-refractivity contribution in [3.8, 4) is 0 Å². The minimum absolute atomic E-state index is 0.0170. The van der Waals surface area contributed by atoms with Crippen molar-refractivity contribution in [1.29, 1.82) is 0 Å². The number of unbranched alkanes of at least 4 members (excludes halogenated alkanes) is 1. The number of aliphatic hydroxyl groups excluding tert-OH is 1. The topological polar surface area (TPSA) is 226 Å². The van der Waals surface area contributed by atoms with Crippen molar-refractivity contribution in [2.75, 3.05) is 18.6 Å². The Balaban J connectivity index is 3.04. The van der Waals surface area contributed by atoms with Crippen LogP contribution in [0.5, 0.6) is 0 Å². The molecule has 10 N–H and O–H groups in total. The molecule has 1 heterocycles. The lowest BCUT2D eigenvalue weighted by Gasteiger charge is -2.25. The number of nitrogens with zero attached hydrogens (tertiary/aromatic N) is 1. The number of carboxylic acid groups (broad SMARTS) is 1. The molecule has 0 fully saturated rings. The van der Waals surface area contributed by atoms with Crippen molar-refractivity contribution in [3.63, 3.8) is 0 Å². The van der Waals surface area contributed by atoms with Crippen LogP contribution in [0.15, 0.2) is 12.5 Å². The summed E-state index contributed by atoms with van der Waals surface area (Å²) in [5, 5.41) is 26.7. The summed E-state index contributed by atoms with van der Waals surface area (Å²) in [5.74, 6) is -2.71. The molecule has 198 valence electrons. The molecule has 0 bridgehead atoms. The van der Waals surface area contributed by atoms with Crippen LogP contribution in [-0.4, -0.2) is 92.7 Å². The number of aromatic amines is 1. The van der Waals surface area contributed by atoms with Crippen molar-refractivity contribution in [1.82, 2.24) is 25.9 Å². The first kappa shape index (κ1) is 30.4. The van der Waals surface area contributed by atoms with Gasteiger partial charge in [0.25, 0.3) is 0 Å². The fraction of sp³-hybridized carbons (Fsp3) is 0.667. The van der Waals surface area contributed by atoms with Crippen LogP contribution in [0, 0.1) is 0 Å². The summed E-state index contributed by atoms with van der Waals surface area (Å²) in [6.45, 7) is 1.75. The van der Waals surface area contributed by atoms with Crippen LogP contribution in [0.25, 0.3) is 0 Å². The van der Waals surface area contributed by atoms with E-state index in [0.29, 0.717) is 30.8 Å². The molecule has 1 aromatic heterocycles. The van der Waals surface area contributed by atoms with E-state index in [1.165, 1.54) is 31.2 Å². The number of carbonyl (C=O) groups excluding carboxylic acids is 3. The zero-order valence-electron chi connectivity index (χ0n) is 20.0. The van der Waals surface area contributed by atoms with Gasteiger partial charge in [-0.3, -0.25) is 14.4 Å². The summed E-state index contributed by atoms with van der Waals surface area (Å²) in [4.78, 5) is 56.8. The number of aliphatic hydroxyl groups is 1. The van der Waals surface area contributed by atoms with E-state index in [9.17, 15) is 29.4 Å². The molecule has 0 saturated heterocycles. The van der Waals surface area contributed by atoms with Gasteiger partial charge in [-0.1, -0.05) is 0 Å². The molecule has 0 aliphatic carbocycles. The highest BCUT2D eigenvalue weighted by Crippen LogP contribution is 2.07. The first-order valence-electron chi connectivity index (χ1n) is 11.3. The second-order valence-electron chi connectivity index (χ2n) is 8.14. The second kappa shape index (κ2) is 16.1. The molecule has 13 nitrogen and oxygen atoms in total. The van der Waals surface area contributed by atoms with Gasteiger partial charge < -0.3 is 42.6 Å². The van der Waals surface area contributed by atoms with E-state index in [1.54, 1.807) is 0 Å². The van der Waals surface area contributed by atoms with Gasteiger partial charge in [0, 0.05) is 18.3 Å². The van der Waals surface area contributed by atoms with Crippen LogP contribution in [0.3, 0.4) is 0 Å². The van der Waals surface area contributed by atoms with Crippen molar-refractivity contribution >= 4 is 35.5 Å². The van der Waals surface area contributed by atoms with Gasteiger partial charge >= 0.3 is 5.97 Å². The number of H-pyrrole nitrogens is 1. The molecule has 0 aliphatic rings. The van der Waals surface area contributed by atoms with E-state index in [2.05, 4.69) is 25.9 Å². The Kier molecular flexibility index (Phi) is 13.9. The van der Waals surface area contributed by atoms with Crippen LogP contribution in [0.2, 0.25) is 0 Å². The SMILES string of the molecule is CSCCC(NC(=O)C(Cc1cnc[nH]1)NC(=O)C(CCCCN)NC(=O)C(N)C(C)O)C(=O)O. The van der Waals surface area contributed by atoms with Gasteiger partial charge in [0.2, 0.25) is 17.7 Å². The van der Waals surface area contributed by atoms with Crippen LogP contribution < -0.4 is 27.4 Å². The zero-order chi connectivity index (χ0) is 26.4. The lowest BCUT2D eigenvalue weighted by atomic mass is 10.0. The van der Waals surface area contributed by atoms with Gasteiger partial charge in [-0.05, 0) is 51.2 Å². The number of thioether (sulfide) groups is 1. The largest absolute Gasteiger partial charge is 0.480 e. The van der Waals surface area contributed by atoms with Crippen LogP contribution in [0.1, 0.15) is 38.3 Å². The number of amides is 3. The number of aliphatic carboxylic acids is 1. The van der Waals surface area contributed by atoms with E-state index < -0.39 is 54.0 Å². The van der Waals surface area contributed by atoms with Crippen LogP contribution in [-0.2, 0) is 25.6 Å². The monoisotopic (exact) mass is 515 g/mol. The molecule has 0 spiro atoms. The number of carbonyl (C=O) groups is 4. The van der Waals surface area contributed by atoms with Gasteiger partial charge in [0.15, 0.2) is 0 Å². The minimum atomic E-state index is -1.24. The third-order valence-corrected chi connectivity index (χ3v) is 5.88. The highest BCUT2D eigenvalue weighted by atomic mass is 32.2. The molecule has 0 aromatic carbocycles. The highest BCUT2D eigenvalue weighted by Gasteiger charge is 2.31. The molecule has 1 aromatic rings. The number of imidazole rings is 1. The maximum Gasteiger partial charge on any atom is 0.326 e. The predicted molar refractivity (Wildman–Crippen MR) is 131 cm³/mol. The van der Waals surface area contributed by atoms with E-state index in [1.807, 2.05) is 6.26 Å². The number of aromatic nitrogens is 2. The van der Waals surface area contributed by atoms with Gasteiger partial charge in [-0.25, -0.2) is 9.78 Å². The summed E-state index contributed by atoms with van der Waals surface area (Å²) >= 11 is 1.45. The Hall–Kier alpha value is -2.68. The molecule has 0 saturated carbocycles. The summed E-state index contributed by atoms with van der Waals surface area (Å²) in [7, 11) is 0. The summed E-state index contributed by atoms with van der Waals surface area (Å²) in [5.41, 5.74) is 11.8. The van der Waals surface area contributed by atoms with E-state index in [0.717, 1.165) is 0 Å². The zero-order valence-corrected chi connectivity index (χ0v) is 20.8. The predicted octanol–water partition coefficient (Wildman–Crippen LogP) is -1.92. The Labute approximate surface area is 208 Å². The molecule has 14 heteroatoms. The average molecular weight is 516 g/mol. The number of hydrogen-bond donors (Lipinski definition) is 8. The van der Waals surface area contributed by atoms with Gasteiger partial charge in [-0.2, -0.15) is 11.8 Å². The molecular weight excluding hydrogens is 478 g/mol. The Morgan fingerprint density at radius 2 is 1.69 bits per heavy atom. The quantitative estimate of drug-likeness (QED) is 0.107. The second-order valence-corrected chi connectivity index (χ2v) is 9.12. The number of nitrogens with one attached hydrogen (secondary N) is 4. The first-order chi connectivity index (χ1) is 16.6. The highest BCUT2D eigenvalue weighted by molar-refractivity contribution is 7.98. The fourth-order valence-electron chi connectivity index (χ4n) is 3.11. The summed E-state index contributed by atoms with van der Waals surface area (Å²) in [6, 6.07) is -4.54. The molecule has 0 aliphatic heterocycles. The first-order valence-corrected chi connectivity index (χ1v) is 12.7. The molecule has 5 unspecified atom stereocenters. The van der Waals surface area contributed by atoms with Gasteiger partial charge in [0.05, 0.1) is 12.4 Å². The Morgan fingerprint density at radius 1 is 1.06 bits per heavy atom. The van der Waals surface area contributed by atoms with Crippen molar-refractivity contribution in [2.45, 2.75) is 69.3 Å². The third kappa shape index (κ3) is 11.1.